The molecule has 2 rings (SSSR count). The van der Waals surface area contributed by atoms with Gasteiger partial charge in [-0.3, -0.25) is 9.78 Å². The average molecular weight is 225 g/mol. The third-order valence-electron chi connectivity index (χ3n) is 2.75. The highest BCUT2D eigenvalue weighted by Gasteiger charge is 2.10. The summed E-state index contributed by atoms with van der Waals surface area (Å²) in [5.41, 5.74) is -0.127. The van der Waals surface area contributed by atoms with Crippen molar-refractivity contribution in [2.75, 3.05) is 19.6 Å². The molecule has 1 aliphatic heterocycles. The molecule has 1 aromatic heterocycles. The summed E-state index contributed by atoms with van der Waals surface area (Å²) in [7, 11) is 0. The molecular formula is C10H15N3OS. The van der Waals surface area contributed by atoms with Crippen LogP contribution < -0.4 is 5.56 Å². The van der Waals surface area contributed by atoms with Gasteiger partial charge in [0.05, 0.1) is 0 Å². The molecule has 5 heteroatoms. The van der Waals surface area contributed by atoms with E-state index in [1.807, 2.05) is 4.57 Å². The van der Waals surface area contributed by atoms with Crippen molar-refractivity contribution in [2.24, 2.45) is 0 Å². The normalized spacial score (nSPS) is 17.1. The van der Waals surface area contributed by atoms with Crippen LogP contribution in [0.2, 0.25) is 0 Å². The lowest BCUT2D eigenvalue weighted by molar-refractivity contribution is 0.320. The van der Waals surface area contributed by atoms with Crippen LogP contribution in [0.4, 0.5) is 0 Å². The van der Waals surface area contributed by atoms with Gasteiger partial charge in [0, 0.05) is 25.4 Å². The van der Waals surface area contributed by atoms with Crippen molar-refractivity contribution in [1.29, 1.82) is 0 Å². The lowest BCUT2D eigenvalue weighted by atomic mass is 10.4. The Hall–Kier alpha value is -0.940. The molecule has 0 aromatic carbocycles. The van der Waals surface area contributed by atoms with Crippen LogP contribution in [-0.4, -0.2) is 34.1 Å². The molecule has 0 radical (unpaired) electrons. The second-order valence-corrected chi connectivity index (χ2v) is 4.24. The van der Waals surface area contributed by atoms with Gasteiger partial charge in [0.1, 0.15) is 0 Å². The lowest BCUT2D eigenvalue weighted by Gasteiger charge is -2.15. The van der Waals surface area contributed by atoms with E-state index in [1.165, 1.54) is 32.0 Å². The van der Waals surface area contributed by atoms with Gasteiger partial charge in [-0.15, -0.1) is 0 Å². The van der Waals surface area contributed by atoms with E-state index in [0.717, 1.165) is 13.1 Å². The minimum atomic E-state index is -0.127. The molecule has 1 fully saturated rings. The van der Waals surface area contributed by atoms with Crippen LogP contribution in [0.1, 0.15) is 12.8 Å². The largest absolute Gasteiger partial charge is 0.324 e. The van der Waals surface area contributed by atoms with Crippen LogP contribution >= 0.6 is 12.2 Å². The van der Waals surface area contributed by atoms with E-state index in [-0.39, 0.29) is 5.56 Å². The SMILES string of the molecule is O=c1ccn(CCN2CCCC2)c(=S)[nH]1. The molecule has 82 valence electrons. The van der Waals surface area contributed by atoms with Crippen molar-refractivity contribution in [3.63, 3.8) is 0 Å². The standard InChI is InChI=1S/C10H15N3OS/c14-9-3-6-13(10(15)11-9)8-7-12-4-1-2-5-12/h3,6H,1-2,4-5,7-8H2,(H,11,14,15). The van der Waals surface area contributed by atoms with Gasteiger partial charge in [0.2, 0.25) is 0 Å². The molecule has 0 saturated carbocycles. The summed E-state index contributed by atoms with van der Waals surface area (Å²) in [5.74, 6) is 0. The molecule has 1 N–H and O–H groups in total. The van der Waals surface area contributed by atoms with Gasteiger partial charge in [-0.05, 0) is 38.1 Å². The molecule has 4 nitrogen and oxygen atoms in total. The van der Waals surface area contributed by atoms with Gasteiger partial charge in [0.15, 0.2) is 4.77 Å². The number of nitrogens with zero attached hydrogens (tertiary/aromatic N) is 2. The Morgan fingerprint density at radius 3 is 2.73 bits per heavy atom. The third-order valence-corrected chi connectivity index (χ3v) is 3.09. The van der Waals surface area contributed by atoms with Crippen molar-refractivity contribution >= 4 is 12.2 Å². The number of rotatable bonds is 3. The molecular weight excluding hydrogens is 210 g/mol. The molecule has 0 bridgehead atoms. The monoisotopic (exact) mass is 225 g/mol. The van der Waals surface area contributed by atoms with E-state index in [4.69, 9.17) is 12.2 Å². The van der Waals surface area contributed by atoms with Crippen LogP contribution in [0.25, 0.3) is 0 Å². The topological polar surface area (TPSA) is 41.0 Å². The second kappa shape index (κ2) is 4.72. The fourth-order valence-electron chi connectivity index (χ4n) is 1.88. The molecule has 0 amide bonds. The maximum absolute atomic E-state index is 11.0. The van der Waals surface area contributed by atoms with E-state index in [1.54, 1.807) is 6.20 Å². The van der Waals surface area contributed by atoms with Crippen molar-refractivity contribution < 1.29 is 0 Å². The Bertz CT molecular complexity index is 431. The van der Waals surface area contributed by atoms with Gasteiger partial charge in [-0.1, -0.05) is 0 Å². The first-order valence-electron chi connectivity index (χ1n) is 5.28. The summed E-state index contributed by atoms with van der Waals surface area (Å²) in [6, 6.07) is 1.51. The van der Waals surface area contributed by atoms with Gasteiger partial charge >= 0.3 is 0 Å². The Morgan fingerprint density at radius 1 is 1.33 bits per heavy atom. The third kappa shape index (κ3) is 2.76. The summed E-state index contributed by atoms with van der Waals surface area (Å²) >= 11 is 5.07. The van der Waals surface area contributed by atoms with E-state index in [9.17, 15) is 4.79 Å². The number of nitrogens with one attached hydrogen (secondary N) is 1. The number of aromatic nitrogens is 2. The van der Waals surface area contributed by atoms with E-state index in [0.29, 0.717) is 4.77 Å². The van der Waals surface area contributed by atoms with Crippen molar-refractivity contribution in [3.8, 4) is 0 Å². The first-order chi connectivity index (χ1) is 7.25. The predicted octanol–water partition coefficient (Wildman–Crippen LogP) is 1.00. The van der Waals surface area contributed by atoms with Crippen LogP contribution in [-0.2, 0) is 6.54 Å². The summed E-state index contributed by atoms with van der Waals surface area (Å²) < 4.78 is 2.43. The number of H-pyrrole nitrogens is 1. The molecule has 0 unspecified atom stereocenters. The Labute approximate surface area is 93.5 Å². The highest BCUT2D eigenvalue weighted by molar-refractivity contribution is 7.71. The highest BCUT2D eigenvalue weighted by Crippen LogP contribution is 2.06. The Balaban J connectivity index is 1.98. The Morgan fingerprint density at radius 2 is 2.07 bits per heavy atom. The van der Waals surface area contributed by atoms with Gasteiger partial charge in [-0.2, -0.15) is 0 Å². The van der Waals surface area contributed by atoms with Crippen LogP contribution in [0.5, 0.6) is 0 Å². The molecule has 0 spiro atoms. The average Bonchev–Trinajstić information content (AvgIpc) is 2.69. The quantitative estimate of drug-likeness (QED) is 0.780. The van der Waals surface area contributed by atoms with Crippen LogP contribution in [0.15, 0.2) is 17.1 Å². The number of hydrogen-bond donors (Lipinski definition) is 1. The fraction of sp³-hybridized carbons (Fsp3) is 0.600. The summed E-state index contributed by atoms with van der Waals surface area (Å²) in [5, 5.41) is 0. The van der Waals surface area contributed by atoms with E-state index in [2.05, 4.69) is 9.88 Å². The molecule has 1 aliphatic rings. The first-order valence-corrected chi connectivity index (χ1v) is 5.69. The molecule has 0 atom stereocenters. The minimum absolute atomic E-state index is 0.127. The highest BCUT2D eigenvalue weighted by atomic mass is 32.1. The molecule has 2 heterocycles. The zero-order valence-corrected chi connectivity index (χ0v) is 9.42. The number of aromatic amines is 1. The molecule has 0 aliphatic carbocycles. The molecule has 1 aromatic rings. The summed E-state index contributed by atoms with van der Waals surface area (Å²) in [4.78, 5) is 16.0. The van der Waals surface area contributed by atoms with Crippen LogP contribution in [0.3, 0.4) is 0 Å². The fourth-order valence-corrected chi connectivity index (χ4v) is 2.13. The molecule has 1 saturated heterocycles. The first kappa shape index (κ1) is 10.6. The zero-order chi connectivity index (χ0) is 10.7. The minimum Gasteiger partial charge on any atom is -0.324 e. The van der Waals surface area contributed by atoms with Crippen molar-refractivity contribution in [1.82, 2.24) is 14.5 Å². The molecule has 15 heavy (non-hydrogen) atoms. The zero-order valence-electron chi connectivity index (χ0n) is 8.61. The second-order valence-electron chi connectivity index (χ2n) is 3.85. The van der Waals surface area contributed by atoms with E-state index >= 15 is 0 Å². The van der Waals surface area contributed by atoms with Crippen molar-refractivity contribution in [2.45, 2.75) is 19.4 Å². The van der Waals surface area contributed by atoms with Gasteiger partial charge in [-0.25, -0.2) is 0 Å². The van der Waals surface area contributed by atoms with Gasteiger partial charge in [0.25, 0.3) is 5.56 Å². The number of hydrogen-bond acceptors (Lipinski definition) is 3. The van der Waals surface area contributed by atoms with Gasteiger partial charge < -0.3 is 9.47 Å². The maximum Gasteiger partial charge on any atom is 0.251 e. The van der Waals surface area contributed by atoms with E-state index < -0.39 is 0 Å². The lowest BCUT2D eigenvalue weighted by Crippen LogP contribution is -2.25. The summed E-state index contributed by atoms with van der Waals surface area (Å²) in [6.07, 6.45) is 4.37. The summed E-state index contributed by atoms with van der Waals surface area (Å²) in [6.45, 7) is 4.25. The Kier molecular flexibility index (Phi) is 3.33. The predicted molar refractivity (Wildman–Crippen MR) is 61.6 cm³/mol. The smallest absolute Gasteiger partial charge is 0.251 e. The maximum atomic E-state index is 11.0. The number of likely N-dealkylation sites (tertiary alicyclic amines) is 1. The van der Waals surface area contributed by atoms with Crippen LogP contribution in [0, 0.1) is 4.77 Å². The van der Waals surface area contributed by atoms with Crippen molar-refractivity contribution in [3.05, 3.63) is 27.4 Å².